The third kappa shape index (κ3) is 3.02. The maximum Gasteiger partial charge on any atom is 0.173 e. The molecule has 2 aromatic rings. The van der Waals surface area contributed by atoms with E-state index in [-0.39, 0.29) is 11.7 Å². The highest BCUT2D eigenvalue weighted by Gasteiger charge is 2.20. The number of benzene rings is 2. The molecule has 0 heterocycles. The molecule has 2 heteroatoms. The summed E-state index contributed by atoms with van der Waals surface area (Å²) in [7, 11) is 0. The number of hydrogen-bond acceptors (Lipinski definition) is 2. The van der Waals surface area contributed by atoms with Crippen molar-refractivity contribution < 1.29 is 9.53 Å². The number of Topliss-reactive ketones (excluding diaryl/α,β-unsaturated/α-hetero) is 1. The smallest absolute Gasteiger partial charge is 0.173 e. The third-order valence-electron chi connectivity index (χ3n) is 3.15. The summed E-state index contributed by atoms with van der Waals surface area (Å²) in [6, 6.07) is 17.2. The van der Waals surface area contributed by atoms with Crippen LogP contribution in [0.25, 0.3) is 0 Å². The van der Waals surface area contributed by atoms with Crippen molar-refractivity contribution >= 4 is 5.78 Å². The van der Waals surface area contributed by atoms with Crippen molar-refractivity contribution in [3.63, 3.8) is 0 Å². The second kappa shape index (κ2) is 6.19. The molecule has 1 unspecified atom stereocenters. The van der Waals surface area contributed by atoms with Crippen molar-refractivity contribution in [3.8, 4) is 5.75 Å². The zero-order valence-corrected chi connectivity index (χ0v) is 11.3. The molecule has 0 aromatic heterocycles. The molecular formula is C17H18O2. The molecule has 98 valence electrons. The number of rotatable bonds is 5. The number of ketones is 1. The lowest BCUT2D eigenvalue weighted by atomic mass is 9.92. The molecule has 0 aliphatic carbocycles. The Kier molecular flexibility index (Phi) is 4.35. The summed E-state index contributed by atoms with van der Waals surface area (Å²) in [6.07, 6.45) is 0. The molecule has 0 N–H and O–H groups in total. The van der Waals surface area contributed by atoms with Gasteiger partial charge in [-0.3, -0.25) is 4.79 Å². The minimum atomic E-state index is -0.164. The molecule has 0 fully saturated rings. The van der Waals surface area contributed by atoms with Crippen molar-refractivity contribution in [3.05, 3.63) is 65.7 Å². The maximum atomic E-state index is 12.6. The molecular weight excluding hydrogens is 236 g/mol. The van der Waals surface area contributed by atoms with Crippen molar-refractivity contribution in [1.82, 2.24) is 0 Å². The quantitative estimate of drug-likeness (QED) is 0.752. The second-order valence-corrected chi connectivity index (χ2v) is 4.43. The second-order valence-electron chi connectivity index (χ2n) is 4.43. The number of para-hydroxylation sites is 1. The van der Waals surface area contributed by atoms with E-state index in [1.54, 1.807) is 0 Å². The lowest BCUT2D eigenvalue weighted by Gasteiger charge is -2.14. The van der Waals surface area contributed by atoms with E-state index in [0.717, 1.165) is 5.56 Å². The SMILES string of the molecule is CCOc1ccccc1C(=O)C(C)c1ccccc1. The summed E-state index contributed by atoms with van der Waals surface area (Å²) >= 11 is 0. The fourth-order valence-corrected chi connectivity index (χ4v) is 2.08. The normalized spacial score (nSPS) is 11.9. The Morgan fingerprint density at radius 1 is 1.05 bits per heavy atom. The van der Waals surface area contributed by atoms with E-state index in [4.69, 9.17) is 4.74 Å². The monoisotopic (exact) mass is 254 g/mol. The molecule has 0 amide bonds. The van der Waals surface area contributed by atoms with Crippen LogP contribution in [0.4, 0.5) is 0 Å². The average Bonchev–Trinajstić information content (AvgIpc) is 2.47. The van der Waals surface area contributed by atoms with Crippen LogP contribution < -0.4 is 4.74 Å². The fraction of sp³-hybridized carbons (Fsp3) is 0.235. The van der Waals surface area contributed by atoms with E-state index < -0.39 is 0 Å². The molecule has 2 nitrogen and oxygen atoms in total. The molecule has 0 radical (unpaired) electrons. The standard InChI is InChI=1S/C17H18O2/c1-3-19-16-12-8-7-11-15(16)17(18)13(2)14-9-5-4-6-10-14/h4-13H,3H2,1-2H3. The van der Waals surface area contributed by atoms with Crippen molar-refractivity contribution in [2.75, 3.05) is 6.61 Å². The van der Waals surface area contributed by atoms with Gasteiger partial charge in [0.05, 0.1) is 12.2 Å². The first-order valence-corrected chi connectivity index (χ1v) is 6.55. The molecule has 1 atom stereocenters. The van der Waals surface area contributed by atoms with Gasteiger partial charge in [0, 0.05) is 5.92 Å². The largest absolute Gasteiger partial charge is 0.493 e. The number of hydrogen-bond donors (Lipinski definition) is 0. The Hall–Kier alpha value is -2.09. The highest BCUT2D eigenvalue weighted by atomic mass is 16.5. The van der Waals surface area contributed by atoms with Gasteiger partial charge >= 0.3 is 0 Å². The van der Waals surface area contributed by atoms with Gasteiger partial charge in [-0.05, 0) is 24.6 Å². The lowest BCUT2D eigenvalue weighted by Crippen LogP contribution is -2.11. The Morgan fingerprint density at radius 2 is 1.68 bits per heavy atom. The van der Waals surface area contributed by atoms with Gasteiger partial charge in [-0.15, -0.1) is 0 Å². The van der Waals surface area contributed by atoms with Gasteiger partial charge in [-0.1, -0.05) is 49.4 Å². The van der Waals surface area contributed by atoms with E-state index >= 15 is 0 Å². The van der Waals surface area contributed by atoms with Crippen molar-refractivity contribution in [1.29, 1.82) is 0 Å². The van der Waals surface area contributed by atoms with E-state index in [1.807, 2.05) is 68.4 Å². The first kappa shape index (κ1) is 13.3. The first-order chi connectivity index (χ1) is 9.24. The van der Waals surface area contributed by atoms with Crippen LogP contribution in [0.3, 0.4) is 0 Å². The first-order valence-electron chi connectivity index (χ1n) is 6.55. The Balaban J connectivity index is 2.29. The Bertz CT molecular complexity index is 546. The van der Waals surface area contributed by atoms with Gasteiger partial charge in [0.1, 0.15) is 5.75 Å². The minimum absolute atomic E-state index is 0.0928. The van der Waals surface area contributed by atoms with Crippen LogP contribution in [0.5, 0.6) is 5.75 Å². The van der Waals surface area contributed by atoms with Crippen LogP contribution in [-0.2, 0) is 0 Å². The molecule has 19 heavy (non-hydrogen) atoms. The minimum Gasteiger partial charge on any atom is -0.493 e. The molecule has 0 aliphatic rings. The van der Waals surface area contributed by atoms with Crippen molar-refractivity contribution in [2.24, 2.45) is 0 Å². The van der Waals surface area contributed by atoms with Gasteiger partial charge < -0.3 is 4.74 Å². The number of ether oxygens (including phenoxy) is 1. The van der Waals surface area contributed by atoms with Gasteiger partial charge in [0.25, 0.3) is 0 Å². The van der Waals surface area contributed by atoms with Crippen LogP contribution in [0.1, 0.15) is 35.7 Å². The van der Waals surface area contributed by atoms with Crippen LogP contribution >= 0.6 is 0 Å². The predicted octanol–water partition coefficient (Wildman–Crippen LogP) is 4.07. The zero-order valence-electron chi connectivity index (χ0n) is 11.3. The van der Waals surface area contributed by atoms with Gasteiger partial charge in [-0.25, -0.2) is 0 Å². The maximum absolute atomic E-state index is 12.6. The van der Waals surface area contributed by atoms with Gasteiger partial charge in [0.2, 0.25) is 0 Å². The molecule has 2 rings (SSSR count). The fourth-order valence-electron chi connectivity index (χ4n) is 2.08. The summed E-state index contributed by atoms with van der Waals surface area (Å²) in [5.74, 6) is 0.593. The van der Waals surface area contributed by atoms with Crippen molar-refractivity contribution in [2.45, 2.75) is 19.8 Å². The summed E-state index contributed by atoms with van der Waals surface area (Å²) in [5.41, 5.74) is 1.68. The third-order valence-corrected chi connectivity index (χ3v) is 3.15. The van der Waals surface area contributed by atoms with Gasteiger partial charge in [-0.2, -0.15) is 0 Å². The zero-order chi connectivity index (χ0) is 13.7. The summed E-state index contributed by atoms with van der Waals surface area (Å²) in [4.78, 5) is 12.6. The molecule has 0 saturated heterocycles. The average molecular weight is 254 g/mol. The molecule has 0 saturated carbocycles. The van der Waals surface area contributed by atoms with Crippen LogP contribution in [0.2, 0.25) is 0 Å². The highest BCUT2D eigenvalue weighted by molar-refractivity contribution is 6.02. The number of carbonyl (C=O) groups is 1. The Morgan fingerprint density at radius 3 is 2.37 bits per heavy atom. The summed E-state index contributed by atoms with van der Waals surface area (Å²) in [6.45, 7) is 4.41. The van der Waals surface area contributed by atoms with Crippen LogP contribution in [0.15, 0.2) is 54.6 Å². The Labute approximate surface area is 114 Å². The molecule has 2 aromatic carbocycles. The topological polar surface area (TPSA) is 26.3 Å². The molecule has 0 aliphatic heterocycles. The lowest BCUT2D eigenvalue weighted by molar-refractivity contribution is 0.0962. The molecule has 0 spiro atoms. The number of carbonyl (C=O) groups excluding carboxylic acids is 1. The van der Waals surface area contributed by atoms with E-state index in [2.05, 4.69) is 0 Å². The predicted molar refractivity (Wildman–Crippen MR) is 76.8 cm³/mol. The summed E-state index contributed by atoms with van der Waals surface area (Å²) < 4.78 is 5.52. The van der Waals surface area contributed by atoms with Crippen LogP contribution in [-0.4, -0.2) is 12.4 Å². The van der Waals surface area contributed by atoms with Crippen LogP contribution in [0, 0.1) is 0 Å². The summed E-state index contributed by atoms with van der Waals surface area (Å²) in [5, 5.41) is 0. The van der Waals surface area contributed by atoms with E-state index in [9.17, 15) is 4.79 Å². The highest BCUT2D eigenvalue weighted by Crippen LogP contribution is 2.26. The van der Waals surface area contributed by atoms with Gasteiger partial charge in [0.15, 0.2) is 5.78 Å². The molecule has 0 bridgehead atoms. The van der Waals surface area contributed by atoms with E-state index in [0.29, 0.717) is 17.9 Å². The van der Waals surface area contributed by atoms with E-state index in [1.165, 1.54) is 0 Å².